The van der Waals surface area contributed by atoms with Gasteiger partial charge in [-0.15, -0.1) is 5.92 Å². The van der Waals surface area contributed by atoms with E-state index in [0.29, 0.717) is 0 Å². The Morgan fingerprint density at radius 2 is 1.83 bits per heavy atom. The first-order valence-corrected chi connectivity index (χ1v) is 7.05. The smallest absolute Gasteiger partial charge is 0.0387 e. The lowest BCUT2D eigenvalue weighted by atomic mass is 10.1. The van der Waals surface area contributed by atoms with Gasteiger partial charge in [0.25, 0.3) is 0 Å². The van der Waals surface area contributed by atoms with Gasteiger partial charge in [-0.1, -0.05) is 23.2 Å². The van der Waals surface area contributed by atoms with Crippen LogP contribution in [0.5, 0.6) is 0 Å². The molecule has 12 heavy (non-hydrogen) atoms. The molecule has 2 heteroatoms. The average Bonchev–Trinajstić information content (AvgIpc) is 1.85. The molecule has 0 aromatic rings. The van der Waals surface area contributed by atoms with E-state index < -0.39 is 9.24 Å². The summed E-state index contributed by atoms with van der Waals surface area (Å²) >= 11 is 0. The molecule has 0 N–H and O–H groups in total. The van der Waals surface area contributed by atoms with E-state index in [1.54, 1.807) is 0 Å². The Labute approximate surface area is 82.2 Å². The van der Waals surface area contributed by atoms with Crippen LogP contribution in [0.4, 0.5) is 0 Å². The van der Waals surface area contributed by atoms with Gasteiger partial charge in [-0.25, -0.2) is 0 Å². The van der Waals surface area contributed by atoms with Crippen molar-refractivity contribution < 1.29 is 0 Å². The number of hydrogen-bond donors (Lipinski definition) is 0. The molecule has 0 radical (unpaired) electrons. The van der Waals surface area contributed by atoms with Gasteiger partial charge < -0.3 is 0 Å². The summed E-state index contributed by atoms with van der Waals surface area (Å²) in [5.41, 5.74) is 0.931. The molecule has 0 rings (SSSR count). The molecule has 0 bridgehead atoms. The molecule has 70 valence electrons. The fourth-order valence-electron chi connectivity index (χ4n) is 0.594. The summed E-state index contributed by atoms with van der Waals surface area (Å²) in [7, 11) is 5.16. The van der Waals surface area contributed by atoms with Gasteiger partial charge in [0.05, 0.1) is 0 Å². The zero-order valence-electron chi connectivity index (χ0n) is 8.49. The SMILES string of the molecule is C=C(C#CC)C(C)(C)S(C)(C)Cl. The maximum atomic E-state index is 6.31. The molecule has 0 fully saturated rings. The van der Waals surface area contributed by atoms with E-state index in [1.807, 2.05) is 6.92 Å². The molecule has 0 aromatic heterocycles. The van der Waals surface area contributed by atoms with Crippen molar-refractivity contribution in [2.45, 2.75) is 25.5 Å². The maximum Gasteiger partial charge on any atom is 0.0387 e. The lowest BCUT2D eigenvalue weighted by Crippen LogP contribution is -2.25. The third-order valence-corrected chi connectivity index (χ3v) is 6.05. The number of rotatable bonds is 2. The Kier molecular flexibility index (Phi) is 3.75. The zero-order valence-corrected chi connectivity index (χ0v) is 10.1. The summed E-state index contributed by atoms with van der Waals surface area (Å²) in [5, 5.41) is 0. The summed E-state index contributed by atoms with van der Waals surface area (Å²) in [6.45, 7) is 9.96. The standard InChI is InChI=1S/C10H17ClS/c1-7-8-9(2)10(3,4)12(5,6)11/h2H2,1,3-6H3. The van der Waals surface area contributed by atoms with Gasteiger partial charge in [-0.05, 0) is 33.3 Å². The van der Waals surface area contributed by atoms with Crippen LogP contribution < -0.4 is 0 Å². The van der Waals surface area contributed by atoms with Crippen molar-refractivity contribution in [3.8, 4) is 11.8 Å². The topological polar surface area (TPSA) is 0 Å². The minimum Gasteiger partial charge on any atom is -0.159 e. The molecule has 0 saturated carbocycles. The van der Waals surface area contributed by atoms with E-state index in [0.717, 1.165) is 5.57 Å². The van der Waals surface area contributed by atoms with Crippen LogP contribution in [0.1, 0.15) is 20.8 Å². The molecule has 0 spiro atoms. The van der Waals surface area contributed by atoms with Crippen LogP contribution in [0, 0.1) is 11.8 Å². The zero-order chi connectivity index (χ0) is 9.99. The van der Waals surface area contributed by atoms with Gasteiger partial charge in [0.1, 0.15) is 0 Å². The number of halogens is 1. The van der Waals surface area contributed by atoms with E-state index in [1.165, 1.54) is 0 Å². The van der Waals surface area contributed by atoms with Gasteiger partial charge in [0.15, 0.2) is 0 Å². The van der Waals surface area contributed by atoms with Crippen molar-refractivity contribution in [3.05, 3.63) is 12.2 Å². The molecule has 0 saturated heterocycles. The van der Waals surface area contributed by atoms with Crippen molar-refractivity contribution in [1.82, 2.24) is 0 Å². The van der Waals surface area contributed by atoms with Gasteiger partial charge in [0, 0.05) is 10.3 Å². The van der Waals surface area contributed by atoms with Crippen molar-refractivity contribution >= 4 is 19.9 Å². The molecular weight excluding hydrogens is 188 g/mol. The van der Waals surface area contributed by atoms with Crippen LogP contribution in [-0.2, 0) is 0 Å². The Bertz CT molecular complexity index is 235. The van der Waals surface area contributed by atoms with Crippen LogP contribution in [0.25, 0.3) is 0 Å². The highest BCUT2D eigenvalue weighted by Crippen LogP contribution is 2.59. The summed E-state index contributed by atoms with van der Waals surface area (Å²) in [5.74, 6) is 5.84. The highest BCUT2D eigenvalue weighted by molar-refractivity contribution is 8.51. The van der Waals surface area contributed by atoms with Gasteiger partial charge in [-0.3, -0.25) is 0 Å². The van der Waals surface area contributed by atoms with Crippen molar-refractivity contribution in [1.29, 1.82) is 0 Å². The Morgan fingerprint density at radius 1 is 1.42 bits per heavy atom. The second-order valence-electron chi connectivity index (χ2n) is 3.57. The molecule has 0 aromatic carbocycles. The Balaban J connectivity index is 4.82. The van der Waals surface area contributed by atoms with Gasteiger partial charge in [-0.2, -0.15) is 9.24 Å². The summed E-state index contributed by atoms with van der Waals surface area (Å²) in [6.07, 6.45) is 4.13. The van der Waals surface area contributed by atoms with E-state index in [2.05, 4.69) is 44.8 Å². The first-order chi connectivity index (χ1) is 5.23. The minimum absolute atomic E-state index is 0.0719. The van der Waals surface area contributed by atoms with Crippen LogP contribution >= 0.6 is 19.9 Å². The average molecular weight is 205 g/mol. The summed E-state index contributed by atoms with van der Waals surface area (Å²) in [4.78, 5) is 0. The normalized spacial score (nSPS) is 13.2. The summed E-state index contributed by atoms with van der Waals surface area (Å²) < 4.78 is -0.0719. The highest BCUT2D eigenvalue weighted by Gasteiger charge is 2.32. The molecule has 0 amide bonds. The molecule has 0 aliphatic heterocycles. The van der Waals surface area contributed by atoms with Crippen LogP contribution in [0.3, 0.4) is 0 Å². The Hall–Kier alpha value is -0.0600. The molecule has 0 heterocycles. The van der Waals surface area contributed by atoms with E-state index in [-0.39, 0.29) is 4.75 Å². The lowest BCUT2D eigenvalue weighted by molar-refractivity contribution is 0.861. The third-order valence-electron chi connectivity index (χ3n) is 2.22. The van der Waals surface area contributed by atoms with E-state index >= 15 is 0 Å². The van der Waals surface area contributed by atoms with Gasteiger partial charge in [0.2, 0.25) is 0 Å². The van der Waals surface area contributed by atoms with Crippen LogP contribution in [0.15, 0.2) is 12.2 Å². The van der Waals surface area contributed by atoms with Crippen LogP contribution in [-0.4, -0.2) is 17.3 Å². The largest absolute Gasteiger partial charge is 0.159 e. The highest BCUT2D eigenvalue weighted by atomic mass is 35.7. The predicted molar refractivity (Wildman–Crippen MR) is 62.0 cm³/mol. The van der Waals surface area contributed by atoms with Crippen molar-refractivity contribution in [3.63, 3.8) is 0 Å². The fraction of sp³-hybridized carbons (Fsp3) is 0.600. The lowest BCUT2D eigenvalue weighted by Gasteiger charge is -2.40. The molecule has 0 aliphatic carbocycles. The second kappa shape index (κ2) is 3.77. The first-order valence-electron chi connectivity index (χ1n) is 3.78. The van der Waals surface area contributed by atoms with Crippen molar-refractivity contribution in [2.75, 3.05) is 12.5 Å². The minimum atomic E-state index is -1.15. The quantitative estimate of drug-likeness (QED) is 0.604. The van der Waals surface area contributed by atoms with Crippen molar-refractivity contribution in [2.24, 2.45) is 0 Å². The predicted octanol–water partition coefficient (Wildman–Crippen LogP) is 3.56. The molecular formula is C10H17ClS. The molecule has 0 unspecified atom stereocenters. The molecule has 0 nitrogen and oxygen atoms in total. The maximum absolute atomic E-state index is 6.31. The fourth-order valence-corrected chi connectivity index (χ4v) is 1.51. The Morgan fingerprint density at radius 3 is 2.08 bits per heavy atom. The number of hydrogen-bond acceptors (Lipinski definition) is 0. The van der Waals surface area contributed by atoms with Gasteiger partial charge >= 0.3 is 0 Å². The van der Waals surface area contributed by atoms with Crippen LogP contribution in [0.2, 0.25) is 0 Å². The van der Waals surface area contributed by atoms with E-state index in [9.17, 15) is 0 Å². The summed E-state index contributed by atoms with van der Waals surface area (Å²) in [6, 6.07) is 0. The van der Waals surface area contributed by atoms with E-state index in [4.69, 9.17) is 10.7 Å². The third kappa shape index (κ3) is 2.47. The first kappa shape index (κ1) is 11.9. The molecule has 0 aliphatic rings. The molecule has 0 atom stereocenters. The second-order valence-corrected chi connectivity index (χ2v) is 9.31. The monoisotopic (exact) mass is 204 g/mol.